The first-order valence-corrected chi connectivity index (χ1v) is 22.9. The molecule has 11 aromatic rings. The monoisotopic (exact) mass is 951 g/mol. The van der Waals surface area contributed by atoms with Crippen molar-refractivity contribution in [2.75, 3.05) is 0 Å². The van der Waals surface area contributed by atoms with Gasteiger partial charge in [0.05, 0.1) is 17.1 Å². The van der Waals surface area contributed by atoms with Gasteiger partial charge in [0.1, 0.15) is 0 Å². The Morgan fingerprint density at radius 3 is 0.886 bits per heavy atom. The molecule has 0 fully saturated rings. The predicted molar refractivity (Wildman–Crippen MR) is 278 cm³/mol. The van der Waals surface area contributed by atoms with E-state index in [1.807, 2.05) is 48.5 Å². The molecule has 11 rings (SSSR count). The number of aromatic nitrogens is 6. The molecule has 10 heteroatoms. The number of nitrogens with zero attached hydrogens (tertiary/aromatic N) is 6. The van der Waals surface area contributed by atoms with Crippen molar-refractivity contribution in [3.8, 4) is 67.5 Å². The molecule has 0 unspecified atom stereocenters. The van der Waals surface area contributed by atoms with Crippen molar-refractivity contribution in [3.05, 3.63) is 278 Å². The van der Waals surface area contributed by atoms with E-state index in [1.165, 1.54) is 0 Å². The summed E-state index contributed by atoms with van der Waals surface area (Å²) in [5.74, 6) is -0.529. The molecule has 0 amide bonds. The first-order chi connectivity index (χ1) is 34.1. The molecule has 0 aliphatic rings. The van der Waals surface area contributed by atoms with E-state index in [0.717, 1.165) is 73.6 Å². The number of hydrogen-bond donors (Lipinski definition) is 0. The van der Waals surface area contributed by atoms with Crippen LogP contribution in [0.25, 0.3) is 73.3 Å². The molecule has 0 spiro atoms. The van der Waals surface area contributed by atoms with E-state index in [-0.39, 0.29) is 28.3 Å². The summed E-state index contributed by atoms with van der Waals surface area (Å²) in [6.45, 7) is 0. The first kappa shape index (κ1) is 46.3. The number of carbonyl (C=O) groups is 1. The van der Waals surface area contributed by atoms with Gasteiger partial charge < -0.3 is 18.9 Å². The van der Waals surface area contributed by atoms with Crippen LogP contribution in [0.5, 0.6) is 0 Å². The molecule has 0 atom stereocenters. The van der Waals surface area contributed by atoms with Gasteiger partial charge in [-0.3, -0.25) is 4.79 Å². The van der Waals surface area contributed by atoms with E-state index in [1.54, 1.807) is 48.5 Å². The smallest absolute Gasteiger partial charge is 0.872 e. The van der Waals surface area contributed by atoms with E-state index in [9.17, 15) is 9.90 Å². The molecule has 339 valence electrons. The Balaban J connectivity index is 0.000000286. The predicted octanol–water partition coefficient (Wildman–Crippen LogP) is 12.2. The summed E-state index contributed by atoms with van der Waals surface area (Å²) in [7, 11) is -1.96. The first-order valence-electron chi connectivity index (χ1n) is 22.9. The summed E-state index contributed by atoms with van der Waals surface area (Å²) in [6, 6.07) is 86.7. The van der Waals surface area contributed by atoms with Crippen LogP contribution in [0.1, 0.15) is 15.9 Å². The van der Waals surface area contributed by atoms with Crippen LogP contribution in [0.2, 0.25) is 0 Å². The third-order valence-electron chi connectivity index (χ3n) is 11.9. The Kier molecular flexibility index (Phi) is 14.5. The molecule has 0 aliphatic carbocycles. The maximum atomic E-state index is 11.8. The van der Waals surface area contributed by atoms with Crippen molar-refractivity contribution in [1.82, 2.24) is 29.1 Å². The van der Waals surface area contributed by atoms with Crippen LogP contribution in [0.4, 0.5) is 0 Å². The van der Waals surface area contributed by atoms with Crippen LogP contribution >= 0.6 is 0 Å². The normalized spacial score (nSPS) is 11.1. The van der Waals surface area contributed by atoms with Gasteiger partial charge in [0.25, 0.3) is 0 Å². The summed E-state index contributed by atoms with van der Waals surface area (Å²) in [5.41, 5.74) is 12.9. The van der Waals surface area contributed by atoms with Crippen molar-refractivity contribution in [2.45, 2.75) is 0 Å². The number of rotatable bonds is 12. The Morgan fingerprint density at radius 1 is 0.357 bits per heavy atom. The summed E-state index contributed by atoms with van der Waals surface area (Å²) in [6.07, 6.45) is 1.13. The largest absolute Gasteiger partial charge is 2.00 e. The van der Waals surface area contributed by atoms with Crippen molar-refractivity contribution in [3.63, 3.8) is 0 Å². The molecule has 0 bridgehead atoms. The molecule has 8 aromatic carbocycles. The van der Waals surface area contributed by atoms with Crippen molar-refractivity contribution < 1.29 is 26.7 Å². The molecule has 0 aliphatic heterocycles. The average molecular weight is 952 g/mol. The van der Waals surface area contributed by atoms with E-state index < -0.39 is 7.12 Å². The fourth-order valence-corrected chi connectivity index (χ4v) is 8.54. The van der Waals surface area contributed by atoms with Crippen LogP contribution in [-0.2, 0) is 16.8 Å². The van der Waals surface area contributed by atoms with Crippen LogP contribution in [0.3, 0.4) is 0 Å². The van der Waals surface area contributed by atoms with Gasteiger partial charge in [-0.1, -0.05) is 248 Å². The molecule has 0 N–H and O–H groups in total. The van der Waals surface area contributed by atoms with Gasteiger partial charge in [-0.25, -0.2) is 15.3 Å². The Bertz CT molecular complexity index is 3150. The average Bonchev–Trinajstić information content (AvgIpc) is 4.20. The third kappa shape index (κ3) is 10.3. The van der Waals surface area contributed by atoms with Gasteiger partial charge in [0, 0.05) is 39.3 Å². The van der Waals surface area contributed by atoms with Gasteiger partial charge in [0.2, 0.25) is 0 Å². The summed E-state index contributed by atoms with van der Waals surface area (Å²) in [4.78, 5) is 11.8. The second-order valence-corrected chi connectivity index (χ2v) is 16.5. The zero-order chi connectivity index (χ0) is 46.8. The third-order valence-corrected chi connectivity index (χ3v) is 11.9. The molecular weight excluding hydrogens is 906 g/mol. The number of hydrogen-bond acceptors (Lipinski definition) is 5. The number of benzene rings is 8. The van der Waals surface area contributed by atoms with Crippen molar-refractivity contribution in [2.24, 2.45) is 0 Å². The SMILES string of the molecule is O=C(/C=C(\[O-])c1ccccc1)c1ccccc1.[Co+2].c1ccc(-c2cc(-c3ccccc3)n([BH-](n3nc(-c4ccccc4)cc3-c3ccccc3)n3nc(-c4ccccc4)cc3-c3ccccc3)n2)cc1. The molecule has 0 saturated heterocycles. The second kappa shape index (κ2) is 21.9. The molecular formula is C60H45BCoN6O2. The zero-order valence-electron chi connectivity index (χ0n) is 37.9. The molecule has 70 heavy (non-hydrogen) atoms. The summed E-state index contributed by atoms with van der Waals surface area (Å²) >= 11 is 0. The minimum absolute atomic E-state index is 0. The fourth-order valence-electron chi connectivity index (χ4n) is 8.54. The maximum absolute atomic E-state index is 11.8. The van der Waals surface area contributed by atoms with E-state index >= 15 is 0 Å². The van der Waals surface area contributed by atoms with Gasteiger partial charge in [-0.15, -0.1) is 0 Å². The van der Waals surface area contributed by atoms with Crippen molar-refractivity contribution in [1.29, 1.82) is 0 Å². The molecule has 3 heterocycles. The zero-order valence-corrected chi connectivity index (χ0v) is 39.0. The van der Waals surface area contributed by atoms with Crippen molar-refractivity contribution >= 4 is 18.7 Å². The Labute approximate surface area is 417 Å². The van der Waals surface area contributed by atoms with Gasteiger partial charge >= 0.3 is 23.9 Å². The Morgan fingerprint density at radius 2 is 0.600 bits per heavy atom. The maximum Gasteiger partial charge on any atom is 2.00 e. The summed E-state index contributed by atoms with van der Waals surface area (Å²) in [5, 5.41) is 28.2. The number of carbonyl (C=O) groups excluding carboxylic acids is 1. The van der Waals surface area contributed by atoms with Crippen LogP contribution in [0.15, 0.2) is 267 Å². The standard InChI is InChI=1S/C45H34BN6.C15H12O2.Co/c1-7-19-34(20-8-1)40-31-43(37-25-13-4-14-26-37)50(47-40)46(51-44(38-27-15-5-16-28-38)32-41(48-51)35-21-9-2-10-22-35)52-45(39-29-17-6-18-30-39)33-42(49-52)36-23-11-3-12-24-36;16-14(12-7-3-1-4-8-12)11-15(17)13-9-5-2-6-10-13;/h1-33,46H;1-11,16H;/q-1;;+2/p-1/b;14-11-;. The molecule has 3 aromatic heterocycles. The Hall–Kier alpha value is -8.83. The topological polar surface area (TPSA) is 93.6 Å². The van der Waals surface area contributed by atoms with E-state index in [2.05, 4.69) is 178 Å². The number of ketones is 1. The molecule has 0 saturated carbocycles. The summed E-state index contributed by atoms with van der Waals surface area (Å²) < 4.78 is 6.50. The van der Waals surface area contributed by atoms with Crippen LogP contribution in [0, 0.1) is 0 Å². The van der Waals surface area contributed by atoms with Gasteiger partial charge in [-0.2, -0.15) is 0 Å². The fraction of sp³-hybridized carbons (Fsp3) is 0. The van der Waals surface area contributed by atoms with Crippen LogP contribution in [-0.4, -0.2) is 42.0 Å². The van der Waals surface area contributed by atoms with E-state index in [4.69, 9.17) is 15.3 Å². The minimum Gasteiger partial charge on any atom is -0.872 e. The number of allylic oxidation sites excluding steroid dienone is 1. The van der Waals surface area contributed by atoms with Crippen LogP contribution < -0.4 is 5.11 Å². The molecule has 8 nitrogen and oxygen atoms in total. The molecule has 1 radical (unpaired) electrons. The van der Waals surface area contributed by atoms with E-state index in [0.29, 0.717) is 11.1 Å². The quantitative estimate of drug-likeness (QED) is 0.0526. The minimum atomic E-state index is -1.96. The second-order valence-electron chi connectivity index (χ2n) is 16.5. The van der Waals surface area contributed by atoms with Gasteiger partial charge in [-0.05, 0) is 46.5 Å². The van der Waals surface area contributed by atoms with Gasteiger partial charge in [0.15, 0.2) is 5.78 Å².